The van der Waals surface area contributed by atoms with Crippen molar-refractivity contribution in [1.82, 2.24) is 4.31 Å². The van der Waals surface area contributed by atoms with Gasteiger partial charge in [0.25, 0.3) is 0 Å². The van der Waals surface area contributed by atoms with Gasteiger partial charge in [-0.05, 0) is 18.6 Å². The van der Waals surface area contributed by atoms with Crippen molar-refractivity contribution in [2.45, 2.75) is 17.4 Å². The second-order valence-electron chi connectivity index (χ2n) is 4.78. The Kier molecular flexibility index (Phi) is 4.98. The average Bonchev–Trinajstić information content (AvgIpc) is 2.66. The molecule has 0 spiro atoms. The molecule has 0 bridgehead atoms. The molecule has 5 nitrogen and oxygen atoms in total. The van der Waals surface area contributed by atoms with Gasteiger partial charge in [-0.25, -0.2) is 16.8 Å². The Morgan fingerprint density at radius 1 is 1.29 bits per heavy atom. The van der Waals surface area contributed by atoms with Crippen LogP contribution in [0.5, 0.6) is 0 Å². The van der Waals surface area contributed by atoms with Crippen LogP contribution in [0.1, 0.15) is 6.42 Å². The van der Waals surface area contributed by atoms with Gasteiger partial charge in [0, 0.05) is 17.6 Å². The summed E-state index contributed by atoms with van der Waals surface area (Å²) in [7, 11) is -5.81. The molecule has 1 aromatic carbocycles. The fraction of sp³-hybridized carbons (Fsp3) is 0.455. The van der Waals surface area contributed by atoms with E-state index in [1.807, 2.05) is 0 Å². The standard InChI is InChI=1S/C11H12BrCl2NO4S2/c1-15(8-2-3-20(16,17)6-8)21(18,19)11-9(13)4-7(12)5-10(11)14/h4-5,8H,2-3,6H2,1H3. The molecule has 1 saturated heterocycles. The average molecular weight is 437 g/mol. The lowest BCUT2D eigenvalue weighted by molar-refractivity contribution is 0.394. The molecule has 1 aromatic rings. The number of sulfone groups is 1. The molecule has 1 aliphatic heterocycles. The third-order valence-corrected chi connectivity index (χ3v) is 8.36. The van der Waals surface area contributed by atoms with Crippen LogP contribution in [-0.4, -0.2) is 45.7 Å². The molecule has 10 heteroatoms. The zero-order chi connectivity index (χ0) is 16.0. The number of benzene rings is 1. The van der Waals surface area contributed by atoms with Crippen LogP contribution in [0.3, 0.4) is 0 Å². The number of hydrogen-bond acceptors (Lipinski definition) is 4. The Morgan fingerprint density at radius 3 is 2.24 bits per heavy atom. The molecule has 1 aliphatic rings. The molecule has 0 radical (unpaired) electrons. The van der Waals surface area contributed by atoms with Gasteiger partial charge in [0.05, 0.1) is 21.6 Å². The highest BCUT2D eigenvalue weighted by atomic mass is 79.9. The van der Waals surface area contributed by atoms with Crippen molar-refractivity contribution in [2.24, 2.45) is 0 Å². The second-order valence-corrected chi connectivity index (χ2v) is 10.7. The van der Waals surface area contributed by atoms with Gasteiger partial charge in [-0.1, -0.05) is 39.1 Å². The highest BCUT2D eigenvalue weighted by Gasteiger charge is 2.38. The number of nitrogens with zero attached hydrogens (tertiary/aromatic N) is 1. The van der Waals surface area contributed by atoms with Crippen LogP contribution < -0.4 is 0 Å². The van der Waals surface area contributed by atoms with Crippen molar-refractivity contribution < 1.29 is 16.8 Å². The monoisotopic (exact) mass is 435 g/mol. The summed E-state index contributed by atoms with van der Waals surface area (Å²) in [4.78, 5) is -0.208. The first-order valence-electron chi connectivity index (χ1n) is 5.87. The Morgan fingerprint density at radius 2 is 1.81 bits per heavy atom. The van der Waals surface area contributed by atoms with E-state index in [9.17, 15) is 16.8 Å². The number of rotatable bonds is 3. The predicted molar refractivity (Wildman–Crippen MR) is 86.2 cm³/mol. The van der Waals surface area contributed by atoms with E-state index in [-0.39, 0.29) is 32.9 Å². The molecular weight excluding hydrogens is 425 g/mol. The summed E-state index contributed by atoms with van der Waals surface area (Å²) in [6.45, 7) is 0. The van der Waals surface area contributed by atoms with E-state index < -0.39 is 25.9 Å². The zero-order valence-corrected chi connectivity index (χ0v) is 15.6. The molecule has 118 valence electrons. The van der Waals surface area contributed by atoms with Gasteiger partial charge in [0.15, 0.2) is 9.84 Å². The highest BCUT2D eigenvalue weighted by molar-refractivity contribution is 9.10. The molecule has 0 N–H and O–H groups in total. The smallest absolute Gasteiger partial charge is 0.229 e. The summed E-state index contributed by atoms with van der Waals surface area (Å²) in [6.07, 6.45) is 0.268. The topological polar surface area (TPSA) is 71.5 Å². The molecule has 0 saturated carbocycles. The number of sulfonamides is 1. The van der Waals surface area contributed by atoms with Crippen molar-refractivity contribution >= 4 is 59.0 Å². The quantitative estimate of drug-likeness (QED) is 0.729. The van der Waals surface area contributed by atoms with Crippen LogP contribution in [0, 0.1) is 0 Å². The first-order chi connectivity index (χ1) is 9.54. The predicted octanol–water partition coefficient (Wildman–Crippen LogP) is 2.56. The lowest BCUT2D eigenvalue weighted by atomic mass is 10.3. The van der Waals surface area contributed by atoms with Crippen molar-refractivity contribution in [2.75, 3.05) is 18.6 Å². The van der Waals surface area contributed by atoms with Crippen molar-refractivity contribution in [3.8, 4) is 0 Å². The molecule has 21 heavy (non-hydrogen) atoms. The highest BCUT2D eigenvalue weighted by Crippen LogP contribution is 2.35. The van der Waals surface area contributed by atoms with Gasteiger partial charge in [-0.15, -0.1) is 0 Å². The van der Waals surface area contributed by atoms with E-state index in [1.165, 1.54) is 19.2 Å². The van der Waals surface area contributed by atoms with E-state index in [2.05, 4.69) is 15.9 Å². The SMILES string of the molecule is CN(C1CCS(=O)(=O)C1)S(=O)(=O)c1c(Cl)cc(Br)cc1Cl. The molecular formula is C11H12BrCl2NO4S2. The third kappa shape index (κ3) is 3.56. The van der Waals surface area contributed by atoms with Gasteiger partial charge < -0.3 is 0 Å². The summed E-state index contributed by atoms with van der Waals surface area (Å²) in [6, 6.07) is 2.26. The van der Waals surface area contributed by atoms with Crippen LogP contribution in [0.25, 0.3) is 0 Å². The summed E-state index contributed by atoms with van der Waals surface area (Å²) < 4.78 is 49.9. The Bertz CT molecular complexity index is 756. The molecule has 0 aromatic heterocycles. The van der Waals surface area contributed by atoms with Crippen molar-refractivity contribution in [1.29, 1.82) is 0 Å². The molecule has 0 amide bonds. The molecule has 1 heterocycles. The van der Waals surface area contributed by atoms with Gasteiger partial charge >= 0.3 is 0 Å². The van der Waals surface area contributed by atoms with Gasteiger partial charge in [-0.2, -0.15) is 4.31 Å². The molecule has 0 aliphatic carbocycles. The van der Waals surface area contributed by atoms with Crippen LogP contribution in [0.2, 0.25) is 10.0 Å². The van der Waals surface area contributed by atoms with E-state index in [4.69, 9.17) is 23.2 Å². The number of halogens is 3. The van der Waals surface area contributed by atoms with Crippen LogP contribution in [-0.2, 0) is 19.9 Å². The minimum Gasteiger partial charge on any atom is -0.229 e. The maximum absolute atomic E-state index is 12.6. The van der Waals surface area contributed by atoms with E-state index in [1.54, 1.807) is 0 Å². The van der Waals surface area contributed by atoms with E-state index >= 15 is 0 Å². The Balaban J connectivity index is 2.44. The molecule has 1 fully saturated rings. The lowest BCUT2D eigenvalue weighted by Gasteiger charge is -2.24. The Labute approximate surface area is 142 Å². The minimum atomic E-state index is -3.97. The first kappa shape index (κ1) is 17.5. The summed E-state index contributed by atoms with van der Waals surface area (Å²) in [5.41, 5.74) is 0. The van der Waals surface area contributed by atoms with E-state index in [0.717, 1.165) is 4.31 Å². The number of hydrogen-bond donors (Lipinski definition) is 0. The molecule has 2 rings (SSSR count). The van der Waals surface area contributed by atoms with Crippen LogP contribution in [0.4, 0.5) is 0 Å². The minimum absolute atomic E-state index is 0.0120. The van der Waals surface area contributed by atoms with Gasteiger partial charge in [0.1, 0.15) is 4.90 Å². The van der Waals surface area contributed by atoms with Gasteiger partial charge in [-0.3, -0.25) is 0 Å². The molecule has 1 unspecified atom stereocenters. The summed E-state index contributed by atoms with van der Waals surface area (Å²) in [5, 5.41) is -0.0239. The van der Waals surface area contributed by atoms with Crippen molar-refractivity contribution in [3.05, 3.63) is 26.7 Å². The normalized spacial score (nSPS) is 21.9. The largest absolute Gasteiger partial charge is 0.246 e. The van der Waals surface area contributed by atoms with Crippen molar-refractivity contribution in [3.63, 3.8) is 0 Å². The lowest BCUT2D eigenvalue weighted by Crippen LogP contribution is -2.38. The fourth-order valence-corrected chi connectivity index (χ4v) is 7.31. The summed E-state index contributed by atoms with van der Waals surface area (Å²) >= 11 is 15.2. The van der Waals surface area contributed by atoms with Crippen LogP contribution in [0.15, 0.2) is 21.5 Å². The van der Waals surface area contributed by atoms with Crippen LogP contribution >= 0.6 is 39.1 Å². The maximum Gasteiger partial charge on any atom is 0.246 e. The van der Waals surface area contributed by atoms with E-state index in [0.29, 0.717) is 4.47 Å². The summed E-state index contributed by atoms with van der Waals surface area (Å²) in [5.74, 6) is -0.201. The maximum atomic E-state index is 12.6. The Hall–Kier alpha value is 0.140. The fourth-order valence-electron chi connectivity index (χ4n) is 2.18. The zero-order valence-electron chi connectivity index (χ0n) is 10.9. The third-order valence-electron chi connectivity index (χ3n) is 3.32. The second kappa shape index (κ2) is 5.98. The first-order valence-corrected chi connectivity index (χ1v) is 10.7. The van der Waals surface area contributed by atoms with Gasteiger partial charge in [0.2, 0.25) is 10.0 Å². The molecule has 1 atom stereocenters.